The number of anilines is 1. The van der Waals surface area contributed by atoms with Crippen molar-refractivity contribution in [2.45, 2.75) is 6.54 Å². The predicted molar refractivity (Wildman–Crippen MR) is 121 cm³/mol. The molecule has 0 bridgehead atoms. The summed E-state index contributed by atoms with van der Waals surface area (Å²) in [6.07, 6.45) is 4.93. The van der Waals surface area contributed by atoms with Gasteiger partial charge in [-0.1, -0.05) is 18.2 Å². The van der Waals surface area contributed by atoms with Gasteiger partial charge in [0.05, 0.1) is 29.7 Å². The van der Waals surface area contributed by atoms with Crippen LogP contribution in [0.25, 0.3) is 23.0 Å². The third-order valence-electron chi connectivity index (χ3n) is 5.46. The van der Waals surface area contributed by atoms with Crippen molar-refractivity contribution >= 4 is 29.2 Å². The normalized spacial score (nSPS) is 13.8. The molecular weight excluding hydrogens is 423 g/mol. The van der Waals surface area contributed by atoms with Crippen LogP contribution in [-0.4, -0.2) is 21.4 Å². The standard InChI is InChI=1S/C25H19FN4O3/c1-30-14-27-12-16(30)13-28-24(31)19-5-3-2-4-18(19)23-9-7-17(33-23)11-21-20-10-15(26)6-8-22(20)29-25(21)32/h2-12,14H,13H2,1H3,(H,28,31)(H,29,32). The van der Waals surface area contributed by atoms with Gasteiger partial charge in [0.15, 0.2) is 0 Å². The summed E-state index contributed by atoms with van der Waals surface area (Å²) in [6.45, 7) is 0.338. The Kier molecular flexibility index (Phi) is 5.10. The van der Waals surface area contributed by atoms with Crippen LogP contribution in [0.1, 0.15) is 27.4 Å². The van der Waals surface area contributed by atoms with Crippen molar-refractivity contribution in [3.63, 3.8) is 0 Å². The molecule has 33 heavy (non-hydrogen) atoms. The number of furan rings is 1. The first-order valence-corrected chi connectivity index (χ1v) is 10.3. The van der Waals surface area contributed by atoms with E-state index in [1.807, 2.05) is 17.7 Å². The molecule has 2 amide bonds. The molecule has 0 fully saturated rings. The molecule has 0 unspecified atom stereocenters. The van der Waals surface area contributed by atoms with E-state index in [9.17, 15) is 14.0 Å². The zero-order valence-corrected chi connectivity index (χ0v) is 17.6. The number of hydrogen-bond donors (Lipinski definition) is 2. The van der Waals surface area contributed by atoms with Crippen LogP contribution < -0.4 is 10.6 Å². The second kappa shape index (κ2) is 8.23. The molecule has 7 nitrogen and oxygen atoms in total. The van der Waals surface area contributed by atoms with Crippen LogP contribution in [0.5, 0.6) is 0 Å². The number of aryl methyl sites for hydroxylation is 1. The summed E-state index contributed by atoms with van der Waals surface area (Å²) in [6, 6.07) is 14.7. The number of nitrogens with zero attached hydrogens (tertiary/aromatic N) is 2. The molecule has 1 aliphatic heterocycles. The highest BCUT2D eigenvalue weighted by atomic mass is 19.1. The lowest BCUT2D eigenvalue weighted by atomic mass is 10.0. The number of carbonyl (C=O) groups is 2. The SMILES string of the molecule is Cn1cncc1CNC(=O)c1ccccc1-c1ccc(C=C2C(=O)Nc3ccc(F)cc32)o1. The van der Waals surface area contributed by atoms with Crippen molar-refractivity contribution in [1.82, 2.24) is 14.9 Å². The van der Waals surface area contributed by atoms with Crippen molar-refractivity contribution in [3.8, 4) is 11.3 Å². The first-order valence-electron chi connectivity index (χ1n) is 10.3. The van der Waals surface area contributed by atoms with Gasteiger partial charge in [0.25, 0.3) is 11.8 Å². The van der Waals surface area contributed by atoms with Gasteiger partial charge in [-0.25, -0.2) is 9.37 Å². The highest BCUT2D eigenvalue weighted by Gasteiger charge is 2.25. The number of amides is 2. The number of nitrogens with one attached hydrogen (secondary N) is 2. The summed E-state index contributed by atoms with van der Waals surface area (Å²) in [5, 5.41) is 5.61. The summed E-state index contributed by atoms with van der Waals surface area (Å²) < 4.78 is 21.5. The molecular formula is C25H19FN4O3. The largest absolute Gasteiger partial charge is 0.457 e. The molecule has 0 saturated heterocycles. The topological polar surface area (TPSA) is 89.2 Å². The molecule has 8 heteroatoms. The third kappa shape index (κ3) is 3.94. The molecule has 2 aromatic carbocycles. The van der Waals surface area contributed by atoms with E-state index < -0.39 is 5.82 Å². The van der Waals surface area contributed by atoms with Crippen molar-refractivity contribution in [1.29, 1.82) is 0 Å². The van der Waals surface area contributed by atoms with Gasteiger partial charge in [0, 0.05) is 30.1 Å². The van der Waals surface area contributed by atoms with Crippen molar-refractivity contribution in [2.24, 2.45) is 7.05 Å². The van der Waals surface area contributed by atoms with Gasteiger partial charge in [-0.15, -0.1) is 0 Å². The first kappa shape index (κ1) is 20.4. The lowest BCUT2D eigenvalue weighted by molar-refractivity contribution is -0.110. The number of carbonyl (C=O) groups excluding carboxylic acids is 2. The first-order chi connectivity index (χ1) is 16.0. The Morgan fingerprint density at radius 3 is 2.85 bits per heavy atom. The van der Waals surface area contributed by atoms with E-state index in [0.717, 1.165) is 5.69 Å². The van der Waals surface area contributed by atoms with Gasteiger partial charge in [0.2, 0.25) is 0 Å². The van der Waals surface area contributed by atoms with E-state index in [1.165, 1.54) is 18.2 Å². The Morgan fingerprint density at radius 2 is 2.03 bits per heavy atom. The fourth-order valence-corrected chi connectivity index (χ4v) is 3.74. The number of rotatable bonds is 5. The second-order valence-corrected chi connectivity index (χ2v) is 7.63. The Labute approximate surface area is 188 Å². The second-order valence-electron chi connectivity index (χ2n) is 7.63. The van der Waals surface area contributed by atoms with Crippen LogP contribution in [-0.2, 0) is 18.4 Å². The van der Waals surface area contributed by atoms with Crippen LogP contribution in [0.4, 0.5) is 10.1 Å². The number of halogens is 1. The predicted octanol–water partition coefficient (Wildman–Crippen LogP) is 4.24. The maximum Gasteiger partial charge on any atom is 0.256 e. The third-order valence-corrected chi connectivity index (χ3v) is 5.46. The molecule has 0 aliphatic carbocycles. The fraction of sp³-hybridized carbons (Fsp3) is 0.0800. The van der Waals surface area contributed by atoms with Crippen molar-refractivity contribution < 1.29 is 18.4 Å². The van der Waals surface area contributed by atoms with Gasteiger partial charge >= 0.3 is 0 Å². The smallest absolute Gasteiger partial charge is 0.256 e. The molecule has 2 aromatic heterocycles. The average molecular weight is 442 g/mol. The van der Waals surface area contributed by atoms with E-state index >= 15 is 0 Å². The van der Waals surface area contributed by atoms with E-state index in [1.54, 1.807) is 48.9 Å². The Hall–Kier alpha value is -4.46. The van der Waals surface area contributed by atoms with Crippen LogP contribution in [0, 0.1) is 5.82 Å². The summed E-state index contributed by atoms with van der Waals surface area (Å²) in [5.74, 6) is -0.114. The molecule has 2 N–H and O–H groups in total. The summed E-state index contributed by atoms with van der Waals surface area (Å²) in [5.41, 5.74) is 3.29. The van der Waals surface area contributed by atoms with Crippen molar-refractivity contribution in [3.05, 3.63) is 95.5 Å². The van der Waals surface area contributed by atoms with Gasteiger partial charge in [-0.05, 0) is 42.5 Å². The number of hydrogen-bond acceptors (Lipinski definition) is 4. The van der Waals surface area contributed by atoms with Gasteiger partial charge in [-0.2, -0.15) is 0 Å². The van der Waals surface area contributed by atoms with E-state index in [-0.39, 0.29) is 11.8 Å². The zero-order valence-electron chi connectivity index (χ0n) is 17.6. The fourth-order valence-electron chi connectivity index (χ4n) is 3.74. The van der Waals surface area contributed by atoms with Crippen LogP contribution in [0.3, 0.4) is 0 Å². The Balaban J connectivity index is 1.42. The van der Waals surface area contributed by atoms with Crippen LogP contribution in [0.2, 0.25) is 0 Å². The van der Waals surface area contributed by atoms with E-state index in [2.05, 4.69) is 15.6 Å². The molecule has 0 atom stereocenters. The molecule has 0 spiro atoms. The van der Waals surface area contributed by atoms with Gasteiger partial charge in [-0.3, -0.25) is 9.59 Å². The van der Waals surface area contributed by atoms with E-state index in [4.69, 9.17) is 4.42 Å². The molecule has 0 saturated carbocycles. The summed E-state index contributed by atoms with van der Waals surface area (Å²) in [4.78, 5) is 29.3. The Morgan fingerprint density at radius 1 is 1.18 bits per heavy atom. The maximum atomic E-state index is 13.7. The highest BCUT2D eigenvalue weighted by Crippen LogP contribution is 2.34. The quantitative estimate of drug-likeness (QED) is 0.453. The van der Waals surface area contributed by atoms with E-state index in [0.29, 0.717) is 46.0 Å². The van der Waals surface area contributed by atoms with Gasteiger partial charge in [0.1, 0.15) is 17.3 Å². The van der Waals surface area contributed by atoms with Gasteiger partial charge < -0.3 is 19.6 Å². The average Bonchev–Trinajstić information content (AvgIpc) is 3.52. The molecule has 4 aromatic rings. The minimum Gasteiger partial charge on any atom is -0.457 e. The molecule has 5 rings (SSSR count). The van der Waals surface area contributed by atoms with Crippen molar-refractivity contribution in [2.75, 3.05) is 5.32 Å². The minimum absolute atomic E-state index is 0.248. The molecule has 1 aliphatic rings. The van der Waals surface area contributed by atoms with Crippen LogP contribution in [0.15, 0.2) is 71.5 Å². The Bertz CT molecular complexity index is 1420. The zero-order chi connectivity index (χ0) is 22.9. The number of fused-ring (bicyclic) bond motifs is 1. The number of benzene rings is 2. The van der Waals surface area contributed by atoms with Crippen LogP contribution >= 0.6 is 0 Å². The monoisotopic (exact) mass is 442 g/mol. The molecule has 3 heterocycles. The maximum absolute atomic E-state index is 13.7. The number of aromatic nitrogens is 2. The number of imidazole rings is 1. The summed E-state index contributed by atoms with van der Waals surface area (Å²) >= 11 is 0. The summed E-state index contributed by atoms with van der Waals surface area (Å²) in [7, 11) is 1.86. The minimum atomic E-state index is -0.428. The highest BCUT2D eigenvalue weighted by molar-refractivity contribution is 6.34. The lowest BCUT2D eigenvalue weighted by Crippen LogP contribution is -2.24. The lowest BCUT2D eigenvalue weighted by Gasteiger charge is -2.09. The molecule has 0 radical (unpaired) electrons. The molecule has 164 valence electrons.